The van der Waals surface area contributed by atoms with Crippen LogP contribution in [0.5, 0.6) is 0 Å². The lowest BCUT2D eigenvalue weighted by molar-refractivity contribution is 0.134. The molecule has 3 rings (SSSR count). The van der Waals surface area contributed by atoms with Gasteiger partial charge in [-0.05, 0) is 51.0 Å². The van der Waals surface area contributed by atoms with E-state index >= 15 is 0 Å². The van der Waals surface area contributed by atoms with Crippen LogP contribution < -0.4 is 0 Å². The van der Waals surface area contributed by atoms with E-state index in [4.69, 9.17) is 4.74 Å². The monoisotopic (exact) mass is 285 g/mol. The van der Waals surface area contributed by atoms with Crippen molar-refractivity contribution >= 4 is 17.0 Å². The summed E-state index contributed by atoms with van der Waals surface area (Å²) in [4.78, 5) is 3.32. The first-order chi connectivity index (χ1) is 9.74. The second-order valence-electron chi connectivity index (χ2n) is 7.02. The minimum atomic E-state index is -0.790. The lowest BCUT2D eigenvalue weighted by atomic mass is 10.0. The third-order valence-electron chi connectivity index (χ3n) is 4.04. The highest BCUT2D eigenvalue weighted by Crippen LogP contribution is 2.38. The fourth-order valence-corrected chi connectivity index (χ4v) is 2.59. The van der Waals surface area contributed by atoms with Crippen molar-refractivity contribution < 1.29 is 9.84 Å². The predicted octanol–water partition coefficient (Wildman–Crippen LogP) is 3.67. The van der Waals surface area contributed by atoms with Gasteiger partial charge in [0.15, 0.2) is 0 Å². The zero-order valence-corrected chi connectivity index (χ0v) is 13.1. The number of epoxide rings is 1. The Bertz CT molecular complexity index is 689. The number of benzene rings is 1. The Labute approximate surface area is 125 Å². The van der Waals surface area contributed by atoms with Crippen molar-refractivity contribution in [1.29, 1.82) is 0 Å². The number of aromatic nitrogens is 1. The Morgan fingerprint density at radius 2 is 2.10 bits per heavy atom. The largest absolute Gasteiger partial charge is 0.386 e. The SMILES string of the molecule is CC(C)(O)C=Cc1ccc2[nH]cc(C[C@H]3OC3(C)C)c2c1. The van der Waals surface area contributed by atoms with Gasteiger partial charge in [-0.25, -0.2) is 0 Å². The topological polar surface area (TPSA) is 48.5 Å². The molecular weight excluding hydrogens is 262 g/mol. The molecule has 3 nitrogen and oxygen atoms in total. The van der Waals surface area contributed by atoms with Crippen molar-refractivity contribution in [1.82, 2.24) is 4.98 Å². The summed E-state index contributed by atoms with van der Waals surface area (Å²) < 4.78 is 5.69. The van der Waals surface area contributed by atoms with Gasteiger partial charge in [-0.1, -0.05) is 18.2 Å². The van der Waals surface area contributed by atoms with Gasteiger partial charge in [0.05, 0.1) is 17.3 Å². The van der Waals surface area contributed by atoms with E-state index in [1.165, 1.54) is 10.9 Å². The van der Waals surface area contributed by atoms with Gasteiger partial charge in [0.2, 0.25) is 0 Å². The Hall–Kier alpha value is -1.58. The molecule has 2 N–H and O–H groups in total. The van der Waals surface area contributed by atoms with Crippen LogP contribution in [-0.4, -0.2) is 27.4 Å². The summed E-state index contributed by atoms with van der Waals surface area (Å²) in [6.45, 7) is 7.81. The number of rotatable bonds is 4. The molecule has 1 aromatic heterocycles. The van der Waals surface area contributed by atoms with Crippen LogP contribution >= 0.6 is 0 Å². The van der Waals surface area contributed by atoms with E-state index in [1.54, 1.807) is 13.8 Å². The summed E-state index contributed by atoms with van der Waals surface area (Å²) in [6.07, 6.45) is 7.10. The van der Waals surface area contributed by atoms with E-state index in [2.05, 4.69) is 43.2 Å². The van der Waals surface area contributed by atoms with Crippen LogP contribution in [0.1, 0.15) is 38.8 Å². The average molecular weight is 285 g/mol. The van der Waals surface area contributed by atoms with E-state index in [-0.39, 0.29) is 5.60 Å². The van der Waals surface area contributed by atoms with Crippen molar-refractivity contribution in [2.24, 2.45) is 0 Å². The molecule has 3 heteroatoms. The third-order valence-corrected chi connectivity index (χ3v) is 4.04. The van der Waals surface area contributed by atoms with Gasteiger partial charge in [-0.15, -0.1) is 0 Å². The molecule has 112 valence electrons. The molecular formula is C18H23NO2. The maximum atomic E-state index is 9.78. The number of aromatic amines is 1. The number of H-pyrrole nitrogens is 1. The molecule has 0 spiro atoms. The smallest absolute Gasteiger partial charge is 0.0908 e. The van der Waals surface area contributed by atoms with Crippen molar-refractivity contribution in [3.05, 3.63) is 41.6 Å². The fourth-order valence-electron chi connectivity index (χ4n) is 2.59. The van der Waals surface area contributed by atoms with Gasteiger partial charge >= 0.3 is 0 Å². The number of nitrogens with one attached hydrogen (secondary N) is 1. The van der Waals surface area contributed by atoms with E-state index in [0.29, 0.717) is 6.10 Å². The second kappa shape index (κ2) is 4.72. The maximum Gasteiger partial charge on any atom is 0.0908 e. The minimum Gasteiger partial charge on any atom is -0.386 e. The van der Waals surface area contributed by atoms with E-state index in [1.807, 2.05) is 12.2 Å². The lowest BCUT2D eigenvalue weighted by Gasteiger charge is -2.10. The summed E-state index contributed by atoms with van der Waals surface area (Å²) in [6, 6.07) is 6.31. The van der Waals surface area contributed by atoms with Crippen LogP contribution in [0.25, 0.3) is 17.0 Å². The van der Waals surface area contributed by atoms with Gasteiger partial charge < -0.3 is 14.8 Å². The first-order valence-corrected chi connectivity index (χ1v) is 7.44. The van der Waals surface area contributed by atoms with Gasteiger partial charge in [0.25, 0.3) is 0 Å². The molecule has 1 aromatic carbocycles. The van der Waals surface area contributed by atoms with Crippen molar-refractivity contribution in [3.63, 3.8) is 0 Å². The highest BCUT2D eigenvalue weighted by molar-refractivity contribution is 5.85. The summed E-state index contributed by atoms with van der Waals surface area (Å²) in [7, 11) is 0. The molecule has 0 aliphatic carbocycles. The van der Waals surface area contributed by atoms with Gasteiger partial charge in [-0.3, -0.25) is 0 Å². The van der Waals surface area contributed by atoms with E-state index in [9.17, 15) is 5.11 Å². The molecule has 0 bridgehead atoms. The van der Waals surface area contributed by atoms with E-state index in [0.717, 1.165) is 17.5 Å². The maximum absolute atomic E-state index is 9.78. The molecule has 21 heavy (non-hydrogen) atoms. The Morgan fingerprint density at radius 3 is 2.71 bits per heavy atom. The average Bonchev–Trinajstić information content (AvgIpc) is 2.81. The van der Waals surface area contributed by atoms with Crippen LogP contribution in [0.4, 0.5) is 0 Å². The molecule has 1 atom stereocenters. The summed E-state index contributed by atoms with van der Waals surface area (Å²) in [5, 5.41) is 11.0. The standard InChI is InChI=1S/C18H23NO2/c1-17(2,20)8-7-12-5-6-15-14(9-12)13(11-19-15)10-16-18(3,4)21-16/h5-9,11,16,19-20H,10H2,1-4H3/t16-/m1/s1. The molecule has 1 fully saturated rings. The van der Waals surface area contributed by atoms with Gasteiger partial charge in [0, 0.05) is 23.5 Å². The van der Waals surface area contributed by atoms with Gasteiger partial charge in [0.1, 0.15) is 0 Å². The molecule has 2 aromatic rings. The molecule has 2 heterocycles. The minimum absolute atomic E-state index is 0.0159. The number of fused-ring (bicyclic) bond motifs is 1. The fraction of sp³-hybridized carbons (Fsp3) is 0.444. The van der Waals surface area contributed by atoms with Crippen LogP contribution in [0, 0.1) is 0 Å². The Kier molecular flexibility index (Phi) is 3.23. The van der Waals surface area contributed by atoms with Crippen molar-refractivity contribution in [2.75, 3.05) is 0 Å². The lowest BCUT2D eigenvalue weighted by Crippen LogP contribution is -2.13. The molecule has 0 saturated carbocycles. The quantitative estimate of drug-likeness (QED) is 0.842. The van der Waals surface area contributed by atoms with Crippen molar-refractivity contribution in [2.45, 2.75) is 51.4 Å². The van der Waals surface area contributed by atoms with Crippen LogP contribution in [-0.2, 0) is 11.2 Å². The molecule has 0 amide bonds. The summed E-state index contributed by atoms with van der Waals surface area (Å²) in [5.74, 6) is 0. The molecule has 1 aliphatic heterocycles. The van der Waals surface area contributed by atoms with Crippen LogP contribution in [0.2, 0.25) is 0 Å². The molecule has 0 unspecified atom stereocenters. The zero-order chi connectivity index (χ0) is 15.3. The van der Waals surface area contributed by atoms with E-state index < -0.39 is 5.60 Å². The normalized spacial score (nSPS) is 21.3. The molecule has 1 aliphatic rings. The Morgan fingerprint density at radius 1 is 1.38 bits per heavy atom. The second-order valence-corrected chi connectivity index (χ2v) is 7.02. The molecule has 1 saturated heterocycles. The highest BCUT2D eigenvalue weighted by atomic mass is 16.6. The number of ether oxygens (including phenoxy) is 1. The first-order valence-electron chi connectivity index (χ1n) is 7.44. The predicted molar refractivity (Wildman–Crippen MR) is 86.3 cm³/mol. The van der Waals surface area contributed by atoms with Gasteiger partial charge in [-0.2, -0.15) is 0 Å². The van der Waals surface area contributed by atoms with Crippen LogP contribution in [0.3, 0.4) is 0 Å². The van der Waals surface area contributed by atoms with Crippen molar-refractivity contribution in [3.8, 4) is 0 Å². The first kappa shape index (κ1) is 14.4. The number of hydrogen-bond acceptors (Lipinski definition) is 2. The summed E-state index contributed by atoms with van der Waals surface area (Å²) in [5.41, 5.74) is 2.76. The zero-order valence-electron chi connectivity index (χ0n) is 13.1. The number of hydrogen-bond donors (Lipinski definition) is 2. The van der Waals surface area contributed by atoms with Crippen LogP contribution in [0.15, 0.2) is 30.5 Å². The molecule has 0 radical (unpaired) electrons. The third kappa shape index (κ3) is 3.20. The Balaban J connectivity index is 1.87. The highest BCUT2D eigenvalue weighted by Gasteiger charge is 2.47. The summed E-state index contributed by atoms with van der Waals surface area (Å²) >= 11 is 0. The number of aliphatic hydroxyl groups is 1.